The monoisotopic (exact) mass is 520 g/mol. The quantitative estimate of drug-likeness (QED) is 0.214. The van der Waals surface area contributed by atoms with Crippen LogP contribution in [-0.4, -0.2) is 20.9 Å². The molecule has 3 aromatic heterocycles. The van der Waals surface area contributed by atoms with Crippen LogP contribution in [0.3, 0.4) is 0 Å². The number of nitrogens with zero attached hydrogens (tertiary/aromatic N) is 3. The summed E-state index contributed by atoms with van der Waals surface area (Å²) < 4.78 is 0. The fraction of sp³-hybridized carbons (Fsp3) is 0.0303. The van der Waals surface area contributed by atoms with Crippen LogP contribution >= 0.6 is 0 Å². The molecule has 0 fully saturated rings. The average Bonchev–Trinajstić information content (AvgIpc) is 3.49. The standard InChI is InChI=1S/C33H24N6O/c34-18-27-19-35-21-30(32(27)39-28-11-12-31-26(17-28)13-15-37-31)25-5-3-4-24(16-25)22-7-9-23(10-8-22)33(40)38-20-29-6-1-2-14-36-29/h1-17,19,21,37H,20H2,(H,35,39)(H,38,40). The van der Waals surface area contributed by atoms with Crippen LogP contribution < -0.4 is 10.6 Å². The second-order valence-electron chi connectivity index (χ2n) is 9.29. The number of rotatable bonds is 7. The summed E-state index contributed by atoms with van der Waals surface area (Å²) in [6.07, 6.45) is 6.95. The van der Waals surface area contributed by atoms with Gasteiger partial charge in [0.25, 0.3) is 5.91 Å². The molecule has 192 valence electrons. The number of aromatic nitrogens is 3. The minimum absolute atomic E-state index is 0.154. The number of nitriles is 1. The van der Waals surface area contributed by atoms with E-state index in [1.165, 1.54) is 0 Å². The van der Waals surface area contributed by atoms with Crippen LogP contribution in [-0.2, 0) is 6.54 Å². The molecule has 7 heteroatoms. The number of H-pyrrole nitrogens is 1. The van der Waals surface area contributed by atoms with E-state index in [1.54, 1.807) is 18.6 Å². The number of pyridine rings is 2. The smallest absolute Gasteiger partial charge is 0.251 e. The summed E-state index contributed by atoms with van der Waals surface area (Å²) in [6.45, 7) is 0.370. The Balaban J connectivity index is 1.26. The third-order valence-corrected chi connectivity index (χ3v) is 6.70. The highest BCUT2D eigenvalue weighted by molar-refractivity contribution is 5.95. The van der Waals surface area contributed by atoms with Crippen LogP contribution in [0.25, 0.3) is 33.2 Å². The maximum Gasteiger partial charge on any atom is 0.251 e. The zero-order chi connectivity index (χ0) is 27.3. The van der Waals surface area contributed by atoms with Gasteiger partial charge in [0, 0.05) is 52.5 Å². The highest BCUT2D eigenvalue weighted by Crippen LogP contribution is 2.35. The lowest BCUT2D eigenvalue weighted by atomic mass is 9.97. The van der Waals surface area contributed by atoms with Gasteiger partial charge < -0.3 is 15.6 Å². The largest absolute Gasteiger partial charge is 0.361 e. The highest BCUT2D eigenvalue weighted by Gasteiger charge is 2.13. The Labute approximate surface area is 231 Å². The molecule has 0 aliphatic carbocycles. The molecule has 6 aromatic rings. The first kappa shape index (κ1) is 24.6. The molecule has 7 nitrogen and oxygen atoms in total. The van der Waals surface area contributed by atoms with Crippen molar-refractivity contribution in [1.29, 1.82) is 5.26 Å². The predicted molar refractivity (Wildman–Crippen MR) is 157 cm³/mol. The van der Waals surface area contributed by atoms with Gasteiger partial charge in [-0.25, -0.2) is 0 Å². The second-order valence-corrected chi connectivity index (χ2v) is 9.29. The van der Waals surface area contributed by atoms with E-state index in [2.05, 4.69) is 37.7 Å². The number of carbonyl (C=O) groups is 1. The minimum atomic E-state index is -0.154. The van der Waals surface area contributed by atoms with Gasteiger partial charge in [0.05, 0.1) is 23.5 Å². The van der Waals surface area contributed by atoms with E-state index in [0.29, 0.717) is 23.4 Å². The summed E-state index contributed by atoms with van der Waals surface area (Å²) >= 11 is 0. The van der Waals surface area contributed by atoms with Crippen molar-refractivity contribution >= 4 is 28.2 Å². The molecule has 6 rings (SSSR count). The number of nitrogens with one attached hydrogen (secondary N) is 3. The molecule has 0 bridgehead atoms. The topological polar surface area (TPSA) is 106 Å². The number of benzene rings is 3. The molecule has 0 atom stereocenters. The summed E-state index contributed by atoms with van der Waals surface area (Å²) in [6, 6.07) is 31.5. The number of hydrogen-bond acceptors (Lipinski definition) is 5. The zero-order valence-electron chi connectivity index (χ0n) is 21.4. The molecule has 1 amide bonds. The Morgan fingerprint density at radius 2 is 1.75 bits per heavy atom. The molecule has 3 N–H and O–H groups in total. The van der Waals surface area contributed by atoms with Crippen molar-refractivity contribution in [3.63, 3.8) is 0 Å². The Morgan fingerprint density at radius 3 is 2.58 bits per heavy atom. The van der Waals surface area contributed by atoms with Crippen LogP contribution in [0.5, 0.6) is 0 Å². The predicted octanol–water partition coefficient (Wildman–Crippen LogP) is 6.84. The zero-order valence-corrected chi connectivity index (χ0v) is 21.4. The molecule has 0 unspecified atom stereocenters. The molecule has 0 aliphatic heterocycles. The van der Waals surface area contributed by atoms with Gasteiger partial charge in [0.2, 0.25) is 0 Å². The van der Waals surface area contributed by atoms with Gasteiger partial charge in [-0.05, 0) is 71.3 Å². The number of amides is 1. The third-order valence-electron chi connectivity index (χ3n) is 6.70. The van der Waals surface area contributed by atoms with Crippen molar-refractivity contribution in [2.75, 3.05) is 5.32 Å². The van der Waals surface area contributed by atoms with E-state index in [0.717, 1.165) is 44.5 Å². The number of fused-ring (bicyclic) bond motifs is 1. The van der Waals surface area contributed by atoms with E-state index in [9.17, 15) is 10.1 Å². The molecule has 0 spiro atoms. The summed E-state index contributed by atoms with van der Waals surface area (Å²) in [5.74, 6) is -0.154. The van der Waals surface area contributed by atoms with Gasteiger partial charge in [-0.3, -0.25) is 14.8 Å². The third kappa shape index (κ3) is 5.15. The molecule has 0 saturated carbocycles. The summed E-state index contributed by atoms with van der Waals surface area (Å²) in [5.41, 5.74) is 8.16. The maximum atomic E-state index is 12.6. The summed E-state index contributed by atoms with van der Waals surface area (Å²) in [7, 11) is 0. The Hall–Kier alpha value is -5.74. The van der Waals surface area contributed by atoms with E-state index in [4.69, 9.17) is 0 Å². The van der Waals surface area contributed by atoms with Gasteiger partial charge >= 0.3 is 0 Å². The normalized spacial score (nSPS) is 10.7. The van der Waals surface area contributed by atoms with E-state index >= 15 is 0 Å². The summed E-state index contributed by atoms with van der Waals surface area (Å²) in [4.78, 5) is 24.4. The molecule has 3 heterocycles. The van der Waals surface area contributed by atoms with Crippen molar-refractivity contribution in [1.82, 2.24) is 20.3 Å². The molecule has 0 aliphatic rings. The first-order chi connectivity index (χ1) is 19.7. The molecular weight excluding hydrogens is 496 g/mol. The molecule has 3 aromatic carbocycles. The number of anilines is 2. The lowest BCUT2D eigenvalue weighted by Gasteiger charge is -2.15. The van der Waals surface area contributed by atoms with E-state index in [1.807, 2.05) is 91.1 Å². The van der Waals surface area contributed by atoms with Gasteiger partial charge in [-0.2, -0.15) is 5.26 Å². The van der Waals surface area contributed by atoms with Crippen molar-refractivity contribution in [2.45, 2.75) is 6.54 Å². The number of aromatic amines is 1. The van der Waals surface area contributed by atoms with E-state index < -0.39 is 0 Å². The van der Waals surface area contributed by atoms with Crippen LogP contribution in [0, 0.1) is 11.3 Å². The first-order valence-corrected chi connectivity index (χ1v) is 12.8. The van der Waals surface area contributed by atoms with Crippen molar-refractivity contribution < 1.29 is 4.79 Å². The average molecular weight is 521 g/mol. The van der Waals surface area contributed by atoms with Crippen LogP contribution in [0.15, 0.2) is 116 Å². The minimum Gasteiger partial charge on any atom is -0.361 e. The van der Waals surface area contributed by atoms with Crippen LogP contribution in [0.2, 0.25) is 0 Å². The maximum absolute atomic E-state index is 12.6. The highest BCUT2D eigenvalue weighted by atomic mass is 16.1. The van der Waals surface area contributed by atoms with Crippen molar-refractivity contribution in [3.05, 3.63) is 133 Å². The fourth-order valence-corrected chi connectivity index (χ4v) is 4.63. The lowest BCUT2D eigenvalue weighted by Crippen LogP contribution is -2.23. The lowest BCUT2D eigenvalue weighted by molar-refractivity contribution is 0.0950. The van der Waals surface area contributed by atoms with Crippen LogP contribution in [0.1, 0.15) is 21.6 Å². The van der Waals surface area contributed by atoms with Crippen LogP contribution in [0.4, 0.5) is 11.4 Å². The number of hydrogen-bond donors (Lipinski definition) is 3. The molecular formula is C33H24N6O. The second kappa shape index (κ2) is 10.9. The Bertz CT molecular complexity index is 1850. The molecule has 0 saturated heterocycles. The Kier molecular flexibility index (Phi) is 6.72. The fourth-order valence-electron chi connectivity index (χ4n) is 4.63. The molecule has 0 radical (unpaired) electrons. The first-order valence-electron chi connectivity index (χ1n) is 12.8. The Morgan fingerprint density at radius 1 is 0.875 bits per heavy atom. The summed E-state index contributed by atoms with van der Waals surface area (Å²) in [5, 5.41) is 17.3. The van der Waals surface area contributed by atoms with Gasteiger partial charge in [0.15, 0.2) is 0 Å². The van der Waals surface area contributed by atoms with Crippen molar-refractivity contribution in [2.24, 2.45) is 0 Å². The van der Waals surface area contributed by atoms with Gasteiger partial charge in [-0.15, -0.1) is 0 Å². The van der Waals surface area contributed by atoms with E-state index in [-0.39, 0.29) is 5.91 Å². The number of carbonyl (C=O) groups excluding carboxylic acids is 1. The SMILES string of the molecule is N#Cc1cncc(-c2cccc(-c3ccc(C(=O)NCc4ccccn4)cc3)c2)c1Nc1ccc2[nH]ccc2c1. The molecule has 40 heavy (non-hydrogen) atoms. The van der Waals surface area contributed by atoms with Crippen molar-refractivity contribution in [3.8, 4) is 28.3 Å². The van der Waals surface area contributed by atoms with Gasteiger partial charge in [0.1, 0.15) is 6.07 Å². The van der Waals surface area contributed by atoms with Gasteiger partial charge in [-0.1, -0.05) is 36.4 Å².